The number of hydrogen-bond donors (Lipinski definition) is 0. The SMILES string of the molecule is Cc1cccc(C(=O)Cc2ccc(Br)cn2)c1Cl. The molecule has 1 aromatic heterocycles. The maximum absolute atomic E-state index is 12.1. The number of pyridine rings is 1. The molecule has 1 heterocycles. The summed E-state index contributed by atoms with van der Waals surface area (Å²) in [5, 5.41) is 0.527. The molecule has 0 aliphatic rings. The highest BCUT2D eigenvalue weighted by molar-refractivity contribution is 9.10. The number of benzene rings is 1. The summed E-state index contributed by atoms with van der Waals surface area (Å²) in [6.45, 7) is 1.89. The first kappa shape index (κ1) is 13.2. The predicted molar refractivity (Wildman–Crippen MR) is 76.2 cm³/mol. The Hall–Kier alpha value is -1.19. The van der Waals surface area contributed by atoms with Crippen LogP contribution in [0.5, 0.6) is 0 Å². The van der Waals surface area contributed by atoms with Crippen molar-refractivity contribution in [3.8, 4) is 0 Å². The summed E-state index contributed by atoms with van der Waals surface area (Å²) >= 11 is 9.44. The van der Waals surface area contributed by atoms with Crippen LogP contribution in [-0.4, -0.2) is 10.8 Å². The molecule has 18 heavy (non-hydrogen) atoms. The van der Waals surface area contributed by atoms with Gasteiger partial charge >= 0.3 is 0 Å². The van der Waals surface area contributed by atoms with Gasteiger partial charge in [-0.1, -0.05) is 23.7 Å². The Morgan fingerprint density at radius 1 is 1.33 bits per heavy atom. The predicted octanol–water partition coefficient (Wildman–Crippen LogP) is 4.23. The summed E-state index contributed by atoms with van der Waals surface area (Å²) in [5.41, 5.74) is 2.20. The number of nitrogens with zero attached hydrogens (tertiary/aromatic N) is 1. The number of rotatable bonds is 3. The molecule has 1 aromatic carbocycles. The lowest BCUT2D eigenvalue weighted by Gasteiger charge is -2.05. The lowest BCUT2D eigenvalue weighted by Crippen LogP contribution is -2.06. The first-order valence-electron chi connectivity index (χ1n) is 5.46. The van der Waals surface area contributed by atoms with E-state index >= 15 is 0 Å². The third-order valence-corrected chi connectivity index (χ3v) is 3.59. The largest absolute Gasteiger partial charge is 0.294 e. The fourth-order valence-corrected chi connectivity index (χ4v) is 2.10. The van der Waals surface area contributed by atoms with Crippen molar-refractivity contribution in [2.75, 3.05) is 0 Å². The molecule has 0 unspecified atom stereocenters. The number of carbonyl (C=O) groups excluding carboxylic acids is 1. The third-order valence-electron chi connectivity index (χ3n) is 2.62. The zero-order chi connectivity index (χ0) is 13.1. The highest BCUT2D eigenvalue weighted by Crippen LogP contribution is 2.21. The van der Waals surface area contributed by atoms with E-state index in [4.69, 9.17) is 11.6 Å². The normalized spacial score (nSPS) is 10.4. The molecule has 0 saturated carbocycles. The molecule has 0 N–H and O–H groups in total. The maximum Gasteiger partial charge on any atom is 0.170 e. The van der Waals surface area contributed by atoms with E-state index in [0.29, 0.717) is 10.6 Å². The highest BCUT2D eigenvalue weighted by atomic mass is 79.9. The standard InChI is InChI=1S/C14H11BrClNO/c1-9-3-2-4-12(14(9)16)13(18)7-11-6-5-10(15)8-17-11/h2-6,8H,7H2,1H3. The van der Waals surface area contributed by atoms with Crippen LogP contribution >= 0.6 is 27.5 Å². The molecule has 0 radical (unpaired) electrons. The fraction of sp³-hybridized carbons (Fsp3) is 0.143. The van der Waals surface area contributed by atoms with E-state index in [9.17, 15) is 4.79 Å². The van der Waals surface area contributed by atoms with Crippen LogP contribution in [0.15, 0.2) is 41.0 Å². The average molecular weight is 325 g/mol. The van der Waals surface area contributed by atoms with Gasteiger partial charge in [0.25, 0.3) is 0 Å². The molecule has 0 atom stereocenters. The summed E-state index contributed by atoms with van der Waals surface area (Å²) in [6, 6.07) is 9.16. The molecule has 2 rings (SSSR count). The van der Waals surface area contributed by atoms with Crippen molar-refractivity contribution in [2.24, 2.45) is 0 Å². The quantitative estimate of drug-likeness (QED) is 0.791. The highest BCUT2D eigenvalue weighted by Gasteiger charge is 2.12. The molecule has 0 aliphatic carbocycles. The molecule has 0 amide bonds. The first-order chi connectivity index (χ1) is 8.58. The van der Waals surface area contributed by atoms with Crippen LogP contribution in [0.1, 0.15) is 21.6 Å². The molecular formula is C14H11BrClNO. The number of aromatic nitrogens is 1. The van der Waals surface area contributed by atoms with Gasteiger partial charge in [0.2, 0.25) is 0 Å². The van der Waals surface area contributed by atoms with Crippen molar-refractivity contribution in [2.45, 2.75) is 13.3 Å². The van der Waals surface area contributed by atoms with Crippen LogP contribution in [0, 0.1) is 6.92 Å². The van der Waals surface area contributed by atoms with Crippen LogP contribution < -0.4 is 0 Å². The minimum absolute atomic E-state index is 0.0153. The second-order valence-electron chi connectivity index (χ2n) is 4.00. The van der Waals surface area contributed by atoms with Gasteiger partial charge in [0.15, 0.2) is 5.78 Å². The van der Waals surface area contributed by atoms with E-state index in [2.05, 4.69) is 20.9 Å². The van der Waals surface area contributed by atoms with Crippen molar-refractivity contribution in [1.82, 2.24) is 4.98 Å². The summed E-state index contributed by atoms with van der Waals surface area (Å²) in [4.78, 5) is 16.3. The van der Waals surface area contributed by atoms with Gasteiger partial charge in [-0.25, -0.2) is 0 Å². The van der Waals surface area contributed by atoms with Gasteiger partial charge in [0.05, 0.1) is 11.4 Å². The van der Waals surface area contributed by atoms with Gasteiger partial charge in [-0.2, -0.15) is 0 Å². The monoisotopic (exact) mass is 323 g/mol. The third kappa shape index (κ3) is 2.98. The number of Topliss-reactive ketones (excluding diaryl/α,β-unsaturated/α-hetero) is 1. The van der Waals surface area contributed by atoms with E-state index in [-0.39, 0.29) is 12.2 Å². The van der Waals surface area contributed by atoms with E-state index in [0.717, 1.165) is 15.7 Å². The summed E-state index contributed by atoms with van der Waals surface area (Å²) in [5.74, 6) is -0.0153. The van der Waals surface area contributed by atoms with Crippen molar-refractivity contribution < 1.29 is 4.79 Å². The maximum atomic E-state index is 12.1. The Morgan fingerprint density at radius 3 is 2.78 bits per heavy atom. The van der Waals surface area contributed by atoms with Gasteiger partial charge in [-0.05, 0) is 46.6 Å². The molecule has 0 spiro atoms. The van der Waals surface area contributed by atoms with Crippen molar-refractivity contribution in [3.63, 3.8) is 0 Å². The number of hydrogen-bond acceptors (Lipinski definition) is 2. The van der Waals surface area contributed by atoms with E-state index in [1.807, 2.05) is 31.2 Å². The van der Waals surface area contributed by atoms with Crippen LogP contribution in [0.3, 0.4) is 0 Å². The first-order valence-corrected chi connectivity index (χ1v) is 6.64. The molecule has 2 aromatic rings. The van der Waals surface area contributed by atoms with Gasteiger partial charge in [0.1, 0.15) is 0 Å². The number of halogens is 2. The van der Waals surface area contributed by atoms with Crippen molar-refractivity contribution in [3.05, 3.63) is 62.8 Å². The number of ketones is 1. The Balaban J connectivity index is 2.22. The second-order valence-corrected chi connectivity index (χ2v) is 5.30. The minimum Gasteiger partial charge on any atom is -0.294 e. The van der Waals surface area contributed by atoms with Crippen LogP contribution in [0.25, 0.3) is 0 Å². The average Bonchev–Trinajstić information content (AvgIpc) is 2.35. The van der Waals surface area contributed by atoms with E-state index in [1.165, 1.54) is 0 Å². The number of aryl methyl sites for hydroxylation is 1. The van der Waals surface area contributed by atoms with Gasteiger partial charge < -0.3 is 0 Å². The molecule has 92 valence electrons. The Bertz CT molecular complexity index is 581. The molecule has 0 saturated heterocycles. The summed E-state index contributed by atoms with van der Waals surface area (Å²) in [6.07, 6.45) is 1.94. The van der Waals surface area contributed by atoms with Crippen LogP contribution in [0.2, 0.25) is 5.02 Å². The summed E-state index contributed by atoms with van der Waals surface area (Å²) < 4.78 is 0.896. The second kappa shape index (κ2) is 5.63. The molecular weight excluding hydrogens is 314 g/mol. The zero-order valence-corrected chi connectivity index (χ0v) is 12.1. The Labute approximate surface area is 119 Å². The van der Waals surface area contributed by atoms with Gasteiger partial charge in [-0.3, -0.25) is 9.78 Å². The zero-order valence-electron chi connectivity index (χ0n) is 9.78. The van der Waals surface area contributed by atoms with Crippen LogP contribution in [-0.2, 0) is 6.42 Å². The van der Waals surface area contributed by atoms with Crippen molar-refractivity contribution in [1.29, 1.82) is 0 Å². The summed E-state index contributed by atoms with van der Waals surface area (Å²) in [7, 11) is 0. The fourth-order valence-electron chi connectivity index (χ4n) is 1.63. The molecule has 2 nitrogen and oxygen atoms in total. The van der Waals surface area contributed by atoms with Gasteiger partial charge in [0, 0.05) is 21.9 Å². The molecule has 0 fully saturated rings. The lowest BCUT2D eigenvalue weighted by molar-refractivity contribution is 0.0992. The lowest BCUT2D eigenvalue weighted by atomic mass is 10.0. The molecule has 0 aliphatic heterocycles. The van der Waals surface area contributed by atoms with Crippen molar-refractivity contribution >= 4 is 33.3 Å². The minimum atomic E-state index is -0.0153. The topological polar surface area (TPSA) is 30.0 Å². The van der Waals surface area contributed by atoms with Gasteiger partial charge in [-0.15, -0.1) is 0 Å². The smallest absolute Gasteiger partial charge is 0.170 e. The van der Waals surface area contributed by atoms with Crippen LogP contribution in [0.4, 0.5) is 0 Å². The van der Waals surface area contributed by atoms with E-state index in [1.54, 1.807) is 12.3 Å². The Morgan fingerprint density at radius 2 is 2.11 bits per heavy atom. The molecule has 4 heteroatoms. The number of carbonyl (C=O) groups is 1. The molecule has 0 bridgehead atoms. The van der Waals surface area contributed by atoms with E-state index < -0.39 is 0 Å². The Kier molecular flexibility index (Phi) is 4.15.